The number of nitrogens with zero attached hydrogens (tertiary/aromatic N) is 3. The Bertz CT molecular complexity index is 1150. The molecule has 4 rings (SSSR count). The average Bonchev–Trinajstić information content (AvgIpc) is 3.17. The highest BCUT2D eigenvalue weighted by atomic mass is 19.1. The molecule has 0 bridgehead atoms. The van der Waals surface area contributed by atoms with Crippen LogP contribution in [0.15, 0.2) is 54.6 Å². The van der Waals surface area contributed by atoms with Gasteiger partial charge in [-0.05, 0) is 62.4 Å². The van der Waals surface area contributed by atoms with Crippen LogP contribution in [0.4, 0.5) is 33.2 Å². The molecule has 170 valence electrons. The van der Waals surface area contributed by atoms with Crippen molar-refractivity contribution in [3.8, 4) is 0 Å². The fraction of sp³-hybridized carbons (Fsp3) is 0.250. The molecule has 0 aliphatic carbocycles. The lowest BCUT2D eigenvalue weighted by Crippen LogP contribution is -2.28. The van der Waals surface area contributed by atoms with Crippen molar-refractivity contribution in [2.45, 2.75) is 20.3 Å². The second-order valence-electron chi connectivity index (χ2n) is 7.82. The molecule has 3 aromatic rings. The predicted octanol–water partition coefficient (Wildman–Crippen LogP) is 4.09. The molecule has 1 aliphatic rings. The van der Waals surface area contributed by atoms with Crippen LogP contribution >= 0.6 is 0 Å². The minimum atomic E-state index is -0.478. The van der Waals surface area contributed by atoms with E-state index in [1.807, 2.05) is 32.0 Å². The number of carbonyl (C=O) groups excluding carboxylic acids is 2. The van der Waals surface area contributed by atoms with Crippen molar-refractivity contribution >= 4 is 40.6 Å². The summed E-state index contributed by atoms with van der Waals surface area (Å²) >= 11 is 0. The third-order valence-corrected chi connectivity index (χ3v) is 5.25. The van der Waals surface area contributed by atoms with E-state index < -0.39 is 5.92 Å². The molecule has 3 N–H and O–H groups in total. The zero-order valence-corrected chi connectivity index (χ0v) is 18.4. The molecule has 2 amide bonds. The Morgan fingerprint density at radius 2 is 1.79 bits per heavy atom. The van der Waals surface area contributed by atoms with Gasteiger partial charge in [-0.25, -0.2) is 9.37 Å². The van der Waals surface area contributed by atoms with Crippen LogP contribution in [-0.2, 0) is 9.59 Å². The summed E-state index contributed by atoms with van der Waals surface area (Å²) in [5.74, 6) is -0.00148. The van der Waals surface area contributed by atoms with Gasteiger partial charge in [0.15, 0.2) is 0 Å². The Balaban J connectivity index is 1.36. The zero-order chi connectivity index (χ0) is 23.4. The second kappa shape index (κ2) is 9.64. The van der Waals surface area contributed by atoms with E-state index in [2.05, 4.69) is 25.9 Å². The third kappa shape index (κ3) is 5.43. The van der Waals surface area contributed by atoms with Gasteiger partial charge in [0.1, 0.15) is 11.6 Å². The molecule has 0 spiro atoms. The van der Waals surface area contributed by atoms with Gasteiger partial charge in [0.2, 0.25) is 17.8 Å². The van der Waals surface area contributed by atoms with Gasteiger partial charge < -0.3 is 20.9 Å². The maximum atomic E-state index is 13.2. The molecule has 9 heteroatoms. The van der Waals surface area contributed by atoms with Crippen LogP contribution < -0.4 is 20.9 Å². The lowest BCUT2D eigenvalue weighted by molar-refractivity contribution is -0.122. The van der Waals surface area contributed by atoms with Crippen molar-refractivity contribution < 1.29 is 14.0 Å². The predicted molar refractivity (Wildman–Crippen MR) is 126 cm³/mol. The summed E-state index contributed by atoms with van der Waals surface area (Å²) in [6, 6.07) is 14.8. The standard InChI is InChI=1S/C24H25FN6O2/c1-3-26-24-27-15(2)12-21(30-24)28-18-6-8-19(9-7-18)29-23(33)16-13-22(32)31(14-16)20-10-4-17(25)5-11-20/h4-12,16H,3,13-14H2,1-2H3,(H,29,33)(H2,26,27,28,30). The number of hydrogen-bond donors (Lipinski definition) is 3. The van der Waals surface area contributed by atoms with Gasteiger partial charge in [-0.3, -0.25) is 9.59 Å². The molecule has 1 atom stereocenters. The van der Waals surface area contributed by atoms with E-state index in [1.54, 1.807) is 24.3 Å². The zero-order valence-electron chi connectivity index (χ0n) is 18.4. The van der Waals surface area contributed by atoms with E-state index in [9.17, 15) is 14.0 Å². The quantitative estimate of drug-likeness (QED) is 0.504. The van der Waals surface area contributed by atoms with Crippen molar-refractivity contribution in [2.24, 2.45) is 5.92 Å². The van der Waals surface area contributed by atoms with Gasteiger partial charge in [0.05, 0.1) is 5.92 Å². The minimum Gasteiger partial charge on any atom is -0.354 e. The molecule has 1 saturated heterocycles. The lowest BCUT2D eigenvalue weighted by Gasteiger charge is -2.16. The maximum absolute atomic E-state index is 13.2. The number of carbonyl (C=O) groups is 2. The van der Waals surface area contributed by atoms with Crippen molar-refractivity contribution in [3.63, 3.8) is 0 Å². The summed E-state index contributed by atoms with van der Waals surface area (Å²) in [5, 5.41) is 9.20. The number of nitrogens with one attached hydrogen (secondary N) is 3. The molecule has 33 heavy (non-hydrogen) atoms. The fourth-order valence-electron chi connectivity index (χ4n) is 3.65. The van der Waals surface area contributed by atoms with Gasteiger partial charge in [0, 0.05) is 48.3 Å². The Labute approximate surface area is 191 Å². The van der Waals surface area contributed by atoms with E-state index in [0.717, 1.165) is 17.9 Å². The molecule has 1 aliphatic heterocycles. The van der Waals surface area contributed by atoms with Crippen LogP contribution in [0.2, 0.25) is 0 Å². The van der Waals surface area contributed by atoms with Gasteiger partial charge in [-0.2, -0.15) is 4.98 Å². The Hall–Kier alpha value is -4.01. The van der Waals surface area contributed by atoms with Crippen LogP contribution in [0.1, 0.15) is 19.0 Å². The fourth-order valence-corrected chi connectivity index (χ4v) is 3.65. The van der Waals surface area contributed by atoms with Crippen LogP contribution in [0.25, 0.3) is 0 Å². The van der Waals surface area contributed by atoms with E-state index >= 15 is 0 Å². The topological polar surface area (TPSA) is 99.2 Å². The van der Waals surface area contributed by atoms with Crippen LogP contribution in [0.5, 0.6) is 0 Å². The number of anilines is 5. The molecule has 0 radical (unpaired) electrons. The summed E-state index contributed by atoms with van der Waals surface area (Å²) in [4.78, 5) is 35.3. The van der Waals surface area contributed by atoms with Crippen molar-refractivity contribution in [3.05, 3.63) is 66.1 Å². The normalized spacial score (nSPS) is 15.4. The lowest BCUT2D eigenvalue weighted by atomic mass is 10.1. The summed E-state index contributed by atoms with van der Waals surface area (Å²) in [7, 11) is 0. The number of halogens is 1. The number of aryl methyl sites for hydroxylation is 1. The molecule has 0 saturated carbocycles. The Morgan fingerprint density at radius 3 is 2.48 bits per heavy atom. The van der Waals surface area contributed by atoms with Crippen LogP contribution in [-0.4, -0.2) is 34.9 Å². The molecule has 1 fully saturated rings. The summed E-state index contributed by atoms with van der Waals surface area (Å²) in [5.41, 5.74) is 2.87. The number of hydrogen-bond acceptors (Lipinski definition) is 6. The number of rotatable bonds is 7. The van der Waals surface area contributed by atoms with E-state index in [1.165, 1.54) is 17.0 Å². The summed E-state index contributed by atoms with van der Waals surface area (Å²) in [6.45, 7) is 4.87. The first-order valence-electron chi connectivity index (χ1n) is 10.7. The van der Waals surface area contributed by atoms with E-state index in [0.29, 0.717) is 23.1 Å². The average molecular weight is 449 g/mol. The van der Waals surface area contributed by atoms with Crippen molar-refractivity contribution in [2.75, 3.05) is 33.9 Å². The minimum absolute atomic E-state index is 0.115. The molecule has 2 aromatic carbocycles. The molecular formula is C24H25FN6O2. The van der Waals surface area contributed by atoms with Crippen LogP contribution in [0, 0.1) is 18.7 Å². The van der Waals surface area contributed by atoms with E-state index in [4.69, 9.17) is 0 Å². The third-order valence-electron chi connectivity index (χ3n) is 5.25. The SMILES string of the molecule is CCNc1nc(C)cc(Nc2ccc(NC(=O)C3CC(=O)N(c4ccc(F)cc4)C3)cc2)n1. The maximum Gasteiger partial charge on any atom is 0.229 e. The van der Waals surface area contributed by atoms with Crippen molar-refractivity contribution in [1.29, 1.82) is 0 Å². The molecule has 8 nitrogen and oxygen atoms in total. The first-order valence-corrected chi connectivity index (χ1v) is 10.7. The molecule has 1 aromatic heterocycles. The Kier molecular flexibility index (Phi) is 6.48. The highest BCUT2D eigenvalue weighted by Crippen LogP contribution is 2.27. The number of benzene rings is 2. The van der Waals surface area contributed by atoms with Gasteiger partial charge in [-0.15, -0.1) is 0 Å². The largest absolute Gasteiger partial charge is 0.354 e. The summed E-state index contributed by atoms with van der Waals surface area (Å²) in [6.07, 6.45) is 0.115. The molecular weight excluding hydrogens is 423 g/mol. The smallest absolute Gasteiger partial charge is 0.229 e. The van der Waals surface area contributed by atoms with Gasteiger partial charge in [-0.1, -0.05) is 0 Å². The van der Waals surface area contributed by atoms with Crippen molar-refractivity contribution in [1.82, 2.24) is 9.97 Å². The highest BCUT2D eigenvalue weighted by molar-refractivity contribution is 6.03. The monoisotopic (exact) mass is 448 g/mol. The molecule has 2 heterocycles. The van der Waals surface area contributed by atoms with E-state index in [-0.39, 0.29) is 30.6 Å². The second-order valence-corrected chi connectivity index (χ2v) is 7.82. The van der Waals surface area contributed by atoms with Gasteiger partial charge >= 0.3 is 0 Å². The van der Waals surface area contributed by atoms with Crippen LogP contribution in [0.3, 0.4) is 0 Å². The molecule has 1 unspecified atom stereocenters. The summed E-state index contributed by atoms with van der Waals surface area (Å²) < 4.78 is 13.2. The first kappa shape index (κ1) is 22.2. The Morgan fingerprint density at radius 1 is 1.09 bits per heavy atom. The first-order chi connectivity index (χ1) is 15.9. The number of aromatic nitrogens is 2. The highest BCUT2D eigenvalue weighted by Gasteiger charge is 2.35. The van der Waals surface area contributed by atoms with Gasteiger partial charge in [0.25, 0.3) is 0 Å². The number of amides is 2.